The lowest BCUT2D eigenvalue weighted by molar-refractivity contribution is 0.189. The first-order chi connectivity index (χ1) is 6.68. The maximum Gasteiger partial charge on any atom is 0.169 e. The zero-order chi connectivity index (χ0) is 10.1. The molecule has 0 bridgehead atoms. The van der Waals surface area contributed by atoms with Crippen molar-refractivity contribution in [3.05, 3.63) is 0 Å². The van der Waals surface area contributed by atoms with Gasteiger partial charge >= 0.3 is 0 Å². The fraction of sp³-hybridized carbons (Fsp3) is 0.909. The summed E-state index contributed by atoms with van der Waals surface area (Å²) in [5.74, 6) is 0. The number of nitrogens with zero attached hydrogens (tertiary/aromatic N) is 1. The third-order valence-electron chi connectivity index (χ3n) is 3.33. The van der Waals surface area contributed by atoms with Gasteiger partial charge in [-0.15, -0.1) is 0 Å². The standard InChI is InChI=1S/C11H20N2S/c1-8-4-3-5-9(2)13(8)11(14)12-10-6-7-10/h8-10H,3-7H2,1-2H3,(H,12,14). The number of hydrogen-bond acceptors (Lipinski definition) is 1. The molecular formula is C11H20N2S. The average Bonchev–Trinajstić information content (AvgIpc) is 2.87. The van der Waals surface area contributed by atoms with E-state index in [-0.39, 0.29) is 0 Å². The van der Waals surface area contributed by atoms with Crippen LogP contribution in [0.4, 0.5) is 0 Å². The minimum atomic E-state index is 0.623. The second-order valence-electron chi connectivity index (χ2n) is 4.76. The van der Waals surface area contributed by atoms with Crippen molar-refractivity contribution in [3.8, 4) is 0 Å². The summed E-state index contributed by atoms with van der Waals surface area (Å²) in [6.45, 7) is 4.58. The molecule has 0 aromatic carbocycles. The first-order valence-electron chi connectivity index (χ1n) is 5.77. The van der Waals surface area contributed by atoms with Crippen LogP contribution in [0, 0.1) is 0 Å². The highest BCUT2D eigenvalue weighted by Gasteiger charge is 2.30. The van der Waals surface area contributed by atoms with Gasteiger partial charge in [0.05, 0.1) is 0 Å². The normalized spacial score (nSPS) is 32.9. The topological polar surface area (TPSA) is 15.3 Å². The summed E-state index contributed by atoms with van der Waals surface area (Å²) in [5, 5.41) is 4.43. The molecule has 80 valence electrons. The molecule has 14 heavy (non-hydrogen) atoms. The summed E-state index contributed by atoms with van der Waals surface area (Å²) in [5.41, 5.74) is 0. The maximum absolute atomic E-state index is 5.46. The summed E-state index contributed by atoms with van der Waals surface area (Å²) in [6, 6.07) is 1.93. The Balaban J connectivity index is 1.93. The fourth-order valence-electron chi connectivity index (χ4n) is 2.30. The van der Waals surface area contributed by atoms with Crippen LogP contribution in [0.5, 0.6) is 0 Å². The lowest BCUT2D eigenvalue weighted by Crippen LogP contribution is -2.52. The van der Waals surface area contributed by atoms with E-state index in [1.807, 2.05) is 0 Å². The molecule has 0 radical (unpaired) electrons. The quantitative estimate of drug-likeness (QED) is 0.671. The molecule has 1 N–H and O–H groups in total. The van der Waals surface area contributed by atoms with Gasteiger partial charge in [0.2, 0.25) is 0 Å². The van der Waals surface area contributed by atoms with Crippen LogP contribution in [-0.2, 0) is 0 Å². The van der Waals surface area contributed by atoms with Crippen molar-refractivity contribution in [2.24, 2.45) is 0 Å². The van der Waals surface area contributed by atoms with Gasteiger partial charge in [-0.25, -0.2) is 0 Å². The molecule has 2 fully saturated rings. The van der Waals surface area contributed by atoms with E-state index in [1.54, 1.807) is 0 Å². The van der Waals surface area contributed by atoms with Gasteiger partial charge in [0.25, 0.3) is 0 Å². The van der Waals surface area contributed by atoms with Crippen LogP contribution in [-0.4, -0.2) is 28.1 Å². The van der Waals surface area contributed by atoms with Crippen LogP contribution in [0.2, 0.25) is 0 Å². The molecule has 2 atom stereocenters. The van der Waals surface area contributed by atoms with Crippen molar-refractivity contribution in [2.45, 2.75) is 64.1 Å². The zero-order valence-electron chi connectivity index (χ0n) is 9.12. The number of likely N-dealkylation sites (tertiary alicyclic amines) is 1. The molecule has 1 aliphatic heterocycles. The van der Waals surface area contributed by atoms with Crippen LogP contribution in [0.3, 0.4) is 0 Å². The highest BCUT2D eigenvalue weighted by molar-refractivity contribution is 7.80. The van der Waals surface area contributed by atoms with Gasteiger partial charge in [-0.2, -0.15) is 0 Å². The van der Waals surface area contributed by atoms with E-state index >= 15 is 0 Å². The first-order valence-corrected chi connectivity index (χ1v) is 6.18. The summed E-state index contributed by atoms with van der Waals surface area (Å²) in [4.78, 5) is 2.40. The number of nitrogens with one attached hydrogen (secondary N) is 1. The molecule has 0 aromatic rings. The molecule has 2 nitrogen and oxygen atoms in total. The van der Waals surface area contributed by atoms with Crippen molar-refractivity contribution in [3.63, 3.8) is 0 Å². The third kappa shape index (κ3) is 2.19. The van der Waals surface area contributed by atoms with Gasteiger partial charge in [0, 0.05) is 18.1 Å². The first kappa shape index (κ1) is 10.2. The minimum absolute atomic E-state index is 0.623. The summed E-state index contributed by atoms with van der Waals surface area (Å²) >= 11 is 5.46. The molecule has 2 unspecified atom stereocenters. The molecule has 2 aliphatic rings. The third-order valence-corrected chi connectivity index (χ3v) is 3.66. The molecule has 3 heteroatoms. The lowest BCUT2D eigenvalue weighted by atomic mass is 9.98. The highest BCUT2D eigenvalue weighted by Crippen LogP contribution is 2.24. The van der Waals surface area contributed by atoms with Crippen molar-refractivity contribution in [1.82, 2.24) is 10.2 Å². The number of hydrogen-bond donors (Lipinski definition) is 1. The van der Waals surface area contributed by atoms with Crippen molar-refractivity contribution in [1.29, 1.82) is 0 Å². The van der Waals surface area contributed by atoms with E-state index in [0.29, 0.717) is 18.1 Å². The predicted octanol–water partition coefficient (Wildman–Crippen LogP) is 2.29. The van der Waals surface area contributed by atoms with Gasteiger partial charge in [-0.05, 0) is 58.2 Å². The van der Waals surface area contributed by atoms with E-state index < -0.39 is 0 Å². The van der Waals surface area contributed by atoms with E-state index in [0.717, 1.165) is 5.11 Å². The minimum Gasteiger partial charge on any atom is -0.360 e. The molecule has 0 aromatic heterocycles. The maximum atomic E-state index is 5.46. The summed E-state index contributed by atoms with van der Waals surface area (Å²) in [7, 11) is 0. The Morgan fingerprint density at radius 2 is 1.71 bits per heavy atom. The van der Waals surface area contributed by atoms with E-state index in [2.05, 4.69) is 24.1 Å². The molecular weight excluding hydrogens is 192 g/mol. The molecule has 1 aliphatic carbocycles. The van der Waals surface area contributed by atoms with E-state index in [9.17, 15) is 0 Å². The van der Waals surface area contributed by atoms with Gasteiger partial charge in [0.15, 0.2) is 5.11 Å². The number of thiocarbonyl (C=S) groups is 1. The van der Waals surface area contributed by atoms with Crippen LogP contribution in [0.25, 0.3) is 0 Å². The molecule has 2 rings (SSSR count). The molecule has 0 amide bonds. The fourth-order valence-corrected chi connectivity index (χ4v) is 2.82. The Morgan fingerprint density at radius 1 is 1.14 bits per heavy atom. The smallest absolute Gasteiger partial charge is 0.169 e. The average molecular weight is 212 g/mol. The van der Waals surface area contributed by atoms with Crippen molar-refractivity contribution in [2.75, 3.05) is 0 Å². The van der Waals surface area contributed by atoms with Gasteiger partial charge in [-0.3, -0.25) is 0 Å². The van der Waals surface area contributed by atoms with Gasteiger partial charge in [-0.1, -0.05) is 0 Å². The molecule has 1 saturated carbocycles. The Kier molecular flexibility index (Phi) is 2.96. The van der Waals surface area contributed by atoms with E-state index in [1.165, 1.54) is 32.1 Å². The van der Waals surface area contributed by atoms with Crippen LogP contribution in [0.15, 0.2) is 0 Å². The largest absolute Gasteiger partial charge is 0.360 e. The van der Waals surface area contributed by atoms with Gasteiger partial charge < -0.3 is 10.2 Å². The second kappa shape index (κ2) is 4.05. The Labute approximate surface area is 92.0 Å². The zero-order valence-corrected chi connectivity index (χ0v) is 9.94. The number of piperidine rings is 1. The van der Waals surface area contributed by atoms with Crippen molar-refractivity contribution >= 4 is 17.3 Å². The monoisotopic (exact) mass is 212 g/mol. The summed E-state index contributed by atoms with van der Waals surface area (Å²) in [6.07, 6.45) is 6.53. The van der Waals surface area contributed by atoms with Crippen LogP contribution in [0.1, 0.15) is 46.0 Å². The van der Waals surface area contributed by atoms with Crippen molar-refractivity contribution < 1.29 is 0 Å². The summed E-state index contributed by atoms with van der Waals surface area (Å²) < 4.78 is 0. The van der Waals surface area contributed by atoms with Gasteiger partial charge in [0.1, 0.15) is 0 Å². The molecule has 1 heterocycles. The molecule has 0 spiro atoms. The van der Waals surface area contributed by atoms with Crippen LogP contribution < -0.4 is 5.32 Å². The highest BCUT2D eigenvalue weighted by atomic mass is 32.1. The second-order valence-corrected chi connectivity index (χ2v) is 5.15. The number of rotatable bonds is 1. The van der Waals surface area contributed by atoms with Crippen LogP contribution >= 0.6 is 12.2 Å². The predicted molar refractivity (Wildman–Crippen MR) is 63.4 cm³/mol. The SMILES string of the molecule is CC1CCCC(C)N1C(=S)NC1CC1. The Hall–Kier alpha value is -0.310. The lowest BCUT2D eigenvalue weighted by Gasteiger charge is -2.41. The molecule has 1 saturated heterocycles. The Bertz CT molecular complexity index is 215. The van der Waals surface area contributed by atoms with E-state index in [4.69, 9.17) is 12.2 Å². The Morgan fingerprint density at radius 3 is 2.21 bits per heavy atom.